The monoisotopic (exact) mass is 294 g/mol. The third kappa shape index (κ3) is 3.71. The van der Waals surface area contributed by atoms with Crippen LogP contribution in [0.5, 0.6) is 5.88 Å². The normalized spacial score (nSPS) is 10.4. The molecule has 0 fully saturated rings. The molecule has 21 heavy (non-hydrogen) atoms. The van der Waals surface area contributed by atoms with Crippen molar-refractivity contribution in [3.63, 3.8) is 0 Å². The lowest BCUT2D eigenvalue weighted by Gasteiger charge is -2.10. The van der Waals surface area contributed by atoms with E-state index >= 15 is 0 Å². The van der Waals surface area contributed by atoms with Crippen molar-refractivity contribution in [3.05, 3.63) is 47.4 Å². The predicted molar refractivity (Wildman–Crippen MR) is 70.7 cm³/mol. The number of benzene rings is 1. The fraction of sp³-hybridized carbons (Fsp3) is 0.286. The summed E-state index contributed by atoms with van der Waals surface area (Å²) in [5.74, 6) is -1.04. The van der Waals surface area contributed by atoms with Gasteiger partial charge in [0.15, 0.2) is 0 Å². The molecule has 0 atom stereocenters. The van der Waals surface area contributed by atoms with E-state index in [1.807, 2.05) is 6.92 Å². The minimum absolute atomic E-state index is 0.0890. The molecule has 6 nitrogen and oxygen atoms in total. The van der Waals surface area contributed by atoms with Gasteiger partial charge in [0.25, 0.3) is 0 Å². The second-order valence-electron chi connectivity index (χ2n) is 4.26. The third-order valence-electron chi connectivity index (χ3n) is 2.69. The van der Waals surface area contributed by atoms with Gasteiger partial charge >= 0.3 is 5.97 Å². The van der Waals surface area contributed by atoms with E-state index in [1.165, 1.54) is 30.5 Å². The highest BCUT2D eigenvalue weighted by atomic mass is 19.1. The van der Waals surface area contributed by atoms with Crippen molar-refractivity contribution in [1.82, 2.24) is 9.94 Å². The first-order valence-corrected chi connectivity index (χ1v) is 6.44. The van der Waals surface area contributed by atoms with Crippen LogP contribution in [0.15, 0.2) is 30.5 Å². The predicted octanol–water partition coefficient (Wildman–Crippen LogP) is 2.41. The summed E-state index contributed by atoms with van der Waals surface area (Å²) in [6, 6.07) is 5.56. The Morgan fingerprint density at radius 1 is 1.43 bits per heavy atom. The molecule has 0 unspecified atom stereocenters. The molecule has 0 amide bonds. The van der Waals surface area contributed by atoms with Crippen molar-refractivity contribution in [2.75, 3.05) is 6.61 Å². The van der Waals surface area contributed by atoms with Crippen LogP contribution in [0.25, 0.3) is 0 Å². The minimum atomic E-state index is -0.595. The van der Waals surface area contributed by atoms with E-state index in [9.17, 15) is 9.18 Å². The largest absolute Gasteiger partial charge is 0.472 e. The highest BCUT2D eigenvalue weighted by Crippen LogP contribution is 2.17. The number of hydrogen-bond donors (Lipinski definition) is 1. The van der Waals surface area contributed by atoms with E-state index in [0.717, 1.165) is 0 Å². The average Bonchev–Trinajstić information content (AvgIpc) is 2.89. The molecule has 0 saturated heterocycles. The second kappa shape index (κ2) is 6.74. The van der Waals surface area contributed by atoms with Crippen molar-refractivity contribution in [3.8, 4) is 5.88 Å². The van der Waals surface area contributed by atoms with Gasteiger partial charge in [-0.05, 0) is 18.6 Å². The maximum atomic E-state index is 13.9. The Labute approximate surface area is 120 Å². The quantitative estimate of drug-likeness (QED) is 0.654. The van der Waals surface area contributed by atoms with Crippen molar-refractivity contribution in [2.24, 2.45) is 0 Å². The molecule has 0 aliphatic heterocycles. The van der Waals surface area contributed by atoms with E-state index in [2.05, 4.69) is 5.10 Å². The van der Waals surface area contributed by atoms with Crippen LogP contribution < -0.4 is 4.74 Å². The molecular formula is C14H15FN2O4. The molecule has 0 radical (unpaired) electrons. The molecule has 0 aliphatic carbocycles. The van der Waals surface area contributed by atoms with E-state index in [1.54, 1.807) is 0 Å². The molecule has 0 aliphatic rings. The zero-order valence-electron chi connectivity index (χ0n) is 11.5. The molecule has 1 N–H and O–H groups in total. The van der Waals surface area contributed by atoms with E-state index in [-0.39, 0.29) is 30.2 Å². The molecular weight excluding hydrogens is 279 g/mol. The van der Waals surface area contributed by atoms with Gasteiger partial charge < -0.3 is 14.7 Å². The van der Waals surface area contributed by atoms with E-state index < -0.39 is 11.8 Å². The van der Waals surface area contributed by atoms with Crippen LogP contribution in [0.4, 0.5) is 4.39 Å². The standard InChI is InChI=1S/C14H15FN2O4/c1-2-8-20-14(18)10-4-3-5-12(15)11(10)9-21-13-6-7-17(19)16-13/h3-7,19H,2,8-9H2,1H3. The lowest BCUT2D eigenvalue weighted by atomic mass is 10.1. The van der Waals surface area contributed by atoms with Gasteiger partial charge in [0.05, 0.1) is 18.4 Å². The van der Waals surface area contributed by atoms with Gasteiger partial charge in [-0.25, -0.2) is 9.18 Å². The van der Waals surface area contributed by atoms with Crippen molar-refractivity contribution >= 4 is 5.97 Å². The van der Waals surface area contributed by atoms with Crippen molar-refractivity contribution in [2.45, 2.75) is 20.0 Å². The summed E-state index contributed by atoms with van der Waals surface area (Å²) < 4.78 is 24.1. The summed E-state index contributed by atoms with van der Waals surface area (Å²) in [7, 11) is 0. The van der Waals surface area contributed by atoms with Gasteiger partial charge in [0, 0.05) is 11.6 Å². The second-order valence-corrected chi connectivity index (χ2v) is 4.26. The lowest BCUT2D eigenvalue weighted by molar-refractivity contribution is 0.0501. The SMILES string of the molecule is CCCOC(=O)c1cccc(F)c1COc1ccn(O)n1. The Balaban J connectivity index is 2.15. The molecule has 1 heterocycles. The summed E-state index contributed by atoms with van der Waals surface area (Å²) >= 11 is 0. The molecule has 7 heteroatoms. The van der Waals surface area contributed by atoms with Crippen LogP contribution in [0, 0.1) is 5.82 Å². The number of esters is 1. The highest BCUT2D eigenvalue weighted by molar-refractivity contribution is 5.91. The number of nitrogens with zero attached hydrogens (tertiary/aromatic N) is 2. The first kappa shape index (κ1) is 14.8. The summed E-state index contributed by atoms with van der Waals surface area (Å²) in [4.78, 5) is 12.5. The number of hydrogen-bond acceptors (Lipinski definition) is 5. The van der Waals surface area contributed by atoms with Crippen molar-refractivity contribution in [1.29, 1.82) is 0 Å². The summed E-state index contributed by atoms with van der Waals surface area (Å²) in [6.07, 6.45) is 1.95. The highest BCUT2D eigenvalue weighted by Gasteiger charge is 2.17. The lowest BCUT2D eigenvalue weighted by Crippen LogP contribution is -2.12. The topological polar surface area (TPSA) is 73.6 Å². The zero-order valence-corrected chi connectivity index (χ0v) is 11.5. The number of rotatable bonds is 6. The summed E-state index contributed by atoms with van der Waals surface area (Å²) in [5, 5.41) is 12.6. The fourth-order valence-electron chi connectivity index (χ4n) is 1.69. The summed E-state index contributed by atoms with van der Waals surface area (Å²) in [5.41, 5.74) is 0.206. The van der Waals surface area contributed by atoms with Crippen LogP contribution >= 0.6 is 0 Å². The van der Waals surface area contributed by atoms with Gasteiger partial charge in [-0.15, -0.1) is 4.85 Å². The zero-order chi connectivity index (χ0) is 15.2. The Hall–Kier alpha value is -2.57. The van der Waals surface area contributed by atoms with Crippen molar-refractivity contribution < 1.29 is 23.9 Å². The molecule has 112 valence electrons. The average molecular weight is 294 g/mol. The summed E-state index contributed by atoms with van der Waals surface area (Å²) in [6.45, 7) is 1.94. The van der Waals surface area contributed by atoms with Crippen LogP contribution in [0.3, 0.4) is 0 Å². The molecule has 1 aromatic heterocycles. The van der Waals surface area contributed by atoms with Crippen LogP contribution in [0.2, 0.25) is 0 Å². The van der Waals surface area contributed by atoms with Crippen LogP contribution in [-0.2, 0) is 11.3 Å². The van der Waals surface area contributed by atoms with E-state index in [0.29, 0.717) is 11.3 Å². The first-order valence-electron chi connectivity index (χ1n) is 6.44. The maximum Gasteiger partial charge on any atom is 0.338 e. The molecule has 2 aromatic rings. The Bertz CT molecular complexity index is 627. The maximum absolute atomic E-state index is 13.9. The van der Waals surface area contributed by atoms with Crippen LogP contribution in [0.1, 0.15) is 29.3 Å². The van der Waals surface area contributed by atoms with Gasteiger partial charge in [0.1, 0.15) is 12.4 Å². The Morgan fingerprint density at radius 2 is 2.24 bits per heavy atom. The fourth-order valence-corrected chi connectivity index (χ4v) is 1.69. The first-order chi connectivity index (χ1) is 10.1. The van der Waals surface area contributed by atoms with Gasteiger partial charge in [-0.3, -0.25) is 0 Å². The molecule has 2 rings (SSSR count). The Morgan fingerprint density at radius 3 is 2.90 bits per heavy atom. The van der Waals surface area contributed by atoms with Gasteiger partial charge in [-0.2, -0.15) is 0 Å². The number of carbonyl (C=O) groups excluding carboxylic acids is 1. The van der Waals surface area contributed by atoms with Crippen LogP contribution in [-0.4, -0.2) is 27.7 Å². The molecule has 0 bridgehead atoms. The number of carbonyl (C=O) groups is 1. The Kier molecular flexibility index (Phi) is 4.76. The smallest absolute Gasteiger partial charge is 0.338 e. The van der Waals surface area contributed by atoms with E-state index in [4.69, 9.17) is 14.7 Å². The van der Waals surface area contributed by atoms with Gasteiger partial charge in [-0.1, -0.05) is 18.1 Å². The van der Waals surface area contributed by atoms with Gasteiger partial charge in [0.2, 0.25) is 5.88 Å². The third-order valence-corrected chi connectivity index (χ3v) is 2.69. The number of aromatic nitrogens is 2. The number of ether oxygens (including phenoxy) is 2. The molecule has 1 aromatic carbocycles. The minimum Gasteiger partial charge on any atom is -0.472 e. The molecule has 0 spiro atoms. The molecule has 0 saturated carbocycles. The number of halogens is 1.